The Balaban J connectivity index is 1.84. The first-order valence-electron chi connectivity index (χ1n) is 10.9. The van der Waals surface area contributed by atoms with Crippen LogP contribution in [-0.4, -0.2) is 33.1 Å². The van der Waals surface area contributed by atoms with Crippen molar-refractivity contribution in [2.24, 2.45) is 11.8 Å². The molecule has 0 aromatic heterocycles. The smallest absolute Gasteiger partial charge is 0.166 e. The number of ether oxygens (including phenoxy) is 2. The molecule has 0 bridgehead atoms. The molecule has 4 nitrogen and oxygen atoms in total. The van der Waals surface area contributed by atoms with Crippen LogP contribution in [0.4, 0.5) is 0 Å². The predicted octanol–water partition coefficient (Wildman–Crippen LogP) is 5.37. The third kappa shape index (κ3) is 6.20. The van der Waals surface area contributed by atoms with E-state index in [1.165, 1.54) is 5.57 Å². The Morgan fingerprint density at radius 1 is 1.21 bits per heavy atom. The van der Waals surface area contributed by atoms with Crippen LogP contribution in [0.25, 0.3) is 0 Å². The number of carbonyl (C=O) groups is 1. The van der Waals surface area contributed by atoms with Crippen LogP contribution in [0.2, 0.25) is 0 Å². The van der Waals surface area contributed by atoms with Gasteiger partial charge in [0.05, 0.1) is 14.2 Å². The van der Waals surface area contributed by atoms with E-state index in [2.05, 4.69) is 37.4 Å². The topological polar surface area (TPSA) is 47.6 Å². The van der Waals surface area contributed by atoms with Crippen LogP contribution in [-0.2, 0) is 6.42 Å². The van der Waals surface area contributed by atoms with Gasteiger partial charge in [-0.15, -0.1) is 0 Å². The van der Waals surface area contributed by atoms with Crippen molar-refractivity contribution in [3.8, 4) is 11.5 Å². The van der Waals surface area contributed by atoms with Crippen molar-refractivity contribution in [2.75, 3.05) is 27.3 Å². The summed E-state index contributed by atoms with van der Waals surface area (Å²) in [6.45, 7) is 8.31. The maximum absolute atomic E-state index is 12.9. The molecule has 0 saturated carbocycles. The Morgan fingerprint density at radius 2 is 1.93 bits per heavy atom. The van der Waals surface area contributed by atoms with Gasteiger partial charge in [-0.1, -0.05) is 31.6 Å². The van der Waals surface area contributed by atoms with E-state index >= 15 is 0 Å². The first-order valence-corrected chi connectivity index (χ1v) is 10.9. The molecule has 2 unspecified atom stereocenters. The van der Waals surface area contributed by atoms with Crippen LogP contribution in [0.15, 0.2) is 35.9 Å². The molecule has 1 N–H and O–H groups in total. The van der Waals surface area contributed by atoms with Gasteiger partial charge in [0.1, 0.15) is 0 Å². The molecule has 1 aliphatic rings. The van der Waals surface area contributed by atoms with Gasteiger partial charge in [-0.05, 0) is 75.3 Å². The lowest BCUT2D eigenvalue weighted by Crippen LogP contribution is -2.21. The van der Waals surface area contributed by atoms with Crippen molar-refractivity contribution in [1.82, 2.24) is 5.32 Å². The number of hydrogen-bond donors (Lipinski definition) is 1. The Morgan fingerprint density at radius 3 is 2.55 bits per heavy atom. The van der Waals surface area contributed by atoms with Gasteiger partial charge in [-0.3, -0.25) is 4.79 Å². The number of Topliss-reactive ketones (excluding diaryl/α,β-unsaturated/α-hetero) is 1. The molecule has 4 heteroatoms. The minimum Gasteiger partial charge on any atom is -0.493 e. The van der Waals surface area contributed by atoms with E-state index in [0.717, 1.165) is 56.3 Å². The Bertz CT molecular complexity index is 736. The SMILES string of the molecule is C/C=C\C(=C/C)CNCCC(CC)CCC1Cc2cc(OC)c(OC)cc2C1=O. The van der Waals surface area contributed by atoms with Crippen molar-refractivity contribution in [1.29, 1.82) is 0 Å². The number of benzene rings is 1. The summed E-state index contributed by atoms with van der Waals surface area (Å²) in [5, 5.41) is 3.55. The van der Waals surface area contributed by atoms with Crippen LogP contribution in [0, 0.1) is 11.8 Å². The van der Waals surface area contributed by atoms with Crippen LogP contribution in [0.5, 0.6) is 11.5 Å². The van der Waals surface area contributed by atoms with Gasteiger partial charge < -0.3 is 14.8 Å². The minimum atomic E-state index is 0.0909. The summed E-state index contributed by atoms with van der Waals surface area (Å²) < 4.78 is 10.8. The fourth-order valence-corrected chi connectivity index (χ4v) is 4.13. The monoisotopic (exact) mass is 399 g/mol. The maximum Gasteiger partial charge on any atom is 0.166 e. The van der Waals surface area contributed by atoms with E-state index in [-0.39, 0.29) is 11.7 Å². The zero-order valence-corrected chi connectivity index (χ0v) is 18.7. The van der Waals surface area contributed by atoms with Gasteiger partial charge >= 0.3 is 0 Å². The van der Waals surface area contributed by atoms with Gasteiger partial charge in [-0.2, -0.15) is 0 Å². The van der Waals surface area contributed by atoms with E-state index in [0.29, 0.717) is 17.4 Å². The molecule has 0 saturated heterocycles. The molecular weight excluding hydrogens is 362 g/mol. The van der Waals surface area contributed by atoms with Gasteiger partial charge in [0, 0.05) is 18.0 Å². The summed E-state index contributed by atoms with van der Waals surface area (Å²) >= 11 is 0. The number of fused-ring (bicyclic) bond motifs is 1. The summed E-state index contributed by atoms with van der Waals surface area (Å²) in [6.07, 6.45) is 11.6. The highest BCUT2D eigenvalue weighted by Crippen LogP contribution is 2.38. The predicted molar refractivity (Wildman–Crippen MR) is 120 cm³/mol. The summed E-state index contributed by atoms with van der Waals surface area (Å²) in [7, 11) is 3.25. The Hall–Kier alpha value is -2.07. The zero-order chi connectivity index (χ0) is 21.2. The number of carbonyl (C=O) groups excluding carboxylic acids is 1. The highest BCUT2D eigenvalue weighted by Gasteiger charge is 2.32. The fraction of sp³-hybridized carbons (Fsp3) is 0.560. The molecule has 0 spiro atoms. The molecule has 1 aromatic rings. The maximum atomic E-state index is 12.9. The first-order chi connectivity index (χ1) is 14.1. The number of methoxy groups -OCH3 is 2. The minimum absolute atomic E-state index is 0.0909. The van der Waals surface area contributed by atoms with E-state index in [4.69, 9.17) is 9.47 Å². The molecule has 0 fully saturated rings. The van der Waals surface area contributed by atoms with Gasteiger partial charge in [0.15, 0.2) is 17.3 Å². The van der Waals surface area contributed by atoms with Gasteiger partial charge in [0.2, 0.25) is 0 Å². The van der Waals surface area contributed by atoms with Crippen LogP contribution in [0.1, 0.15) is 62.4 Å². The standard InChI is InChI=1S/C25H37NO3/c1-6-9-19(8-3)17-26-13-12-18(7-2)10-11-20-14-21-15-23(28-4)24(29-5)16-22(21)25(20)27/h6,8-9,15-16,18,20,26H,7,10-14,17H2,1-5H3/b9-6-,19-8+. The average Bonchev–Trinajstić information content (AvgIpc) is 3.05. The quantitative estimate of drug-likeness (QED) is 0.379. The number of ketones is 1. The summed E-state index contributed by atoms with van der Waals surface area (Å²) in [4.78, 5) is 12.9. The first kappa shape index (κ1) is 23.2. The highest BCUT2D eigenvalue weighted by atomic mass is 16.5. The van der Waals surface area contributed by atoms with Crippen molar-refractivity contribution < 1.29 is 14.3 Å². The zero-order valence-electron chi connectivity index (χ0n) is 18.7. The second kappa shape index (κ2) is 11.8. The molecule has 2 rings (SSSR count). The molecule has 0 amide bonds. The molecule has 0 heterocycles. The molecule has 160 valence electrons. The van der Waals surface area contributed by atoms with Crippen LogP contribution in [0.3, 0.4) is 0 Å². The highest BCUT2D eigenvalue weighted by molar-refractivity contribution is 6.02. The third-order valence-electron chi connectivity index (χ3n) is 6.02. The second-order valence-electron chi connectivity index (χ2n) is 7.81. The number of rotatable bonds is 12. The normalized spacial score (nSPS) is 17.6. The van der Waals surface area contributed by atoms with Crippen molar-refractivity contribution in [3.05, 3.63) is 47.1 Å². The third-order valence-corrected chi connectivity index (χ3v) is 6.02. The van der Waals surface area contributed by atoms with E-state index in [1.807, 2.05) is 19.1 Å². The molecule has 29 heavy (non-hydrogen) atoms. The molecule has 1 aromatic carbocycles. The lowest BCUT2D eigenvalue weighted by Gasteiger charge is -2.17. The van der Waals surface area contributed by atoms with Gasteiger partial charge in [-0.25, -0.2) is 0 Å². The molecule has 2 atom stereocenters. The van der Waals surface area contributed by atoms with E-state index < -0.39 is 0 Å². The van der Waals surface area contributed by atoms with Crippen molar-refractivity contribution >= 4 is 5.78 Å². The molecule has 0 radical (unpaired) electrons. The Kier molecular flexibility index (Phi) is 9.46. The largest absolute Gasteiger partial charge is 0.493 e. The summed E-state index contributed by atoms with van der Waals surface area (Å²) in [5.74, 6) is 2.34. The van der Waals surface area contributed by atoms with Gasteiger partial charge in [0.25, 0.3) is 0 Å². The summed E-state index contributed by atoms with van der Waals surface area (Å²) in [6, 6.07) is 3.82. The van der Waals surface area contributed by atoms with Crippen LogP contribution < -0.4 is 14.8 Å². The second-order valence-corrected chi connectivity index (χ2v) is 7.81. The lowest BCUT2D eigenvalue weighted by molar-refractivity contribution is 0.0925. The molecule has 1 aliphatic carbocycles. The average molecular weight is 400 g/mol. The molecule has 0 aliphatic heterocycles. The van der Waals surface area contributed by atoms with Crippen molar-refractivity contribution in [3.63, 3.8) is 0 Å². The Labute approximate surface area is 176 Å². The number of hydrogen-bond acceptors (Lipinski definition) is 4. The van der Waals surface area contributed by atoms with Crippen molar-refractivity contribution in [2.45, 2.75) is 52.9 Å². The van der Waals surface area contributed by atoms with E-state index in [9.17, 15) is 4.79 Å². The fourth-order valence-electron chi connectivity index (χ4n) is 4.13. The molecular formula is C25H37NO3. The number of allylic oxidation sites excluding steroid dienone is 2. The van der Waals surface area contributed by atoms with E-state index in [1.54, 1.807) is 14.2 Å². The lowest BCUT2D eigenvalue weighted by atomic mass is 9.90. The number of nitrogens with one attached hydrogen (secondary N) is 1. The van der Waals surface area contributed by atoms with Crippen LogP contribution >= 0.6 is 0 Å². The summed E-state index contributed by atoms with van der Waals surface area (Å²) in [5.41, 5.74) is 3.22.